The Bertz CT molecular complexity index is 1780. The second kappa shape index (κ2) is 10.5. The smallest absolute Gasteiger partial charge is 0.309 e. The van der Waals surface area contributed by atoms with E-state index >= 15 is 4.39 Å². The van der Waals surface area contributed by atoms with Crippen LogP contribution in [-0.2, 0) is 9.53 Å². The minimum absolute atomic E-state index is 0.0552. The second-order valence-corrected chi connectivity index (χ2v) is 10.4. The van der Waals surface area contributed by atoms with Gasteiger partial charge in [-0.15, -0.1) is 0 Å². The van der Waals surface area contributed by atoms with Gasteiger partial charge in [-0.1, -0.05) is 25.1 Å². The molecular formula is C32H28F3N3O3. The van der Waals surface area contributed by atoms with E-state index in [1.807, 2.05) is 13.0 Å². The van der Waals surface area contributed by atoms with E-state index < -0.39 is 17.6 Å². The van der Waals surface area contributed by atoms with E-state index in [0.717, 1.165) is 5.39 Å². The predicted octanol–water partition coefficient (Wildman–Crippen LogP) is 7.89. The van der Waals surface area contributed by atoms with Gasteiger partial charge < -0.3 is 19.4 Å². The molecule has 210 valence electrons. The van der Waals surface area contributed by atoms with Crippen LogP contribution in [0.5, 0.6) is 11.5 Å². The first-order valence-electron chi connectivity index (χ1n) is 13.5. The van der Waals surface area contributed by atoms with Gasteiger partial charge in [-0.25, -0.2) is 18.2 Å². The molecule has 2 heterocycles. The first kappa shape index (κ1) is 26.7. The fourth-order valence-corrected chi connectivity index (χ4v) is 5.41. The number of nitrogens with zero attached hydrogens (tertiary/aromatic N) is 1. The number of aromatic nitrogens is 3. The Balaban J connectivity index is 1.25. The highest BCUT2D eigenvalue weighted by molar-refractivity contribution is 5.85. The van der Waals surface area contributed by atoms with Crippen LogP contribution in [0.25, 0.3) is 22.3 Å². The highest BCUT2D eigenvalue weighted by Crippen LogP contribution is 2.50. The van der Waals surface area contributed by atoms with Gasteiger partial charge in [0.2, 0.25) is 0 Å². The van der Waals surface area contributed by atoms with Gasteiger partial charge in [0.15, 0.2) is 11.6 Å². The molecule has 1 fully saturated rings. The van der Waals surface area contributed by atoms with Crippen LogP contribution in [0.1, 0.15) is 54.5 Å². The number of imidazole rings is 1. The molecule has 3 atom stereocenters. The summed E-state index contributed by atoms with van der Waals surface area (Å²) in [7, 11) is 0. The third-order valence-corrected chi connectivity index (χ3v) is 7.79. The molecule has 2 aromatic heterocycles. The van der Waals surface area contributed by atoms with Crippen LogP contribution in [-0.4, -0.2) is 27.5 Å². The summed E-state index contributed by atoms with van der Waals surface area (Å²) < 4.78 is 56.3. The number of carbonyl (C=O) groups excluding carboxylic acids is 1. The van der Waals surface area contributed by atoms with Crippen LogP contribution in [0.15, 0.2) is 60.9 Å². The molecule has 0 aliphatic heterocycles. The maximum absolute atomic E-state index is 15.6. The summed E-state index contributed by atoms with van der Waals surface area (Å²) in [4.78, 5) is 22.5. The van der Waals surface area contributed by atoms with Crippen molar-refractivity contribution in [2.24, 2.45) is 5.92 Å². The minimum Gasteiger partial charge on any atom is -0.466 e. The topological polar surface area (TPSA) is 80.0 Å². The van der Waals surface area contributed by atoms with E-state index in [1.54, 1.807) is 44.4 Å². The lowest BCUT2D eigenvalue weighted by molar-refractivity contribution is -0.144. The predicted molar refractivity (Wildman–Crippen MR) is 148 cm³/mol. The first-order chi connectivity index (χ1) is 19.8. The van der Waals surface area contributed by atoms with Crippen molar-refractivity contribution >= 4 is 16.9 Å². The SMILES string of the molecule is CCOC(=O)C1CC1c1cccc(C(C)c2cnc(-c3cc(Oc4c(F)cc5[nH]ccc5c4C)ccc3F)[nH]2)c1F. The third kappa shape index (κ3) is 4.85. The van der Waals surface area contributed by atoms with Gasteiger partial charge in [-0.3, -0.25) is 4.79 Å². The average molecular weight is 560 g/mol. The monoisotopic (exact) mass is 559 g/mol. The number of hydrogen-bond acceptors (Lipinski definition) is 4. The van der Waals surface area contributed by atoms with Crippen molar-refractivity contribution in [3.05, 3.63) is 101 Å². The Morgan fingerprint density at radius 2 is 1.95 bits per heavy atom. The molecule has 5 aromatic rings. The van der Waals surface area contributed by atoms with Crippen LogP contribution < -0.4 is 4.74 Å². The molecule has 2 N–H and O–H groups in total. The van der Waals surface area contributed by atoms with Gasteiger partial charge in [0.1, 0.15) is 23.2 Å². The summed E-state index contributed by atoms with van der Waals surface area (Å²) in [5.74, 6) is -2.19. The number of carbonyl (C=O) groups is 1. The van der Waals surface area contributed by atoms with Crippen LogP contribution in [0.2, 0.25) is 0 Å². The summed E-state index contributed by atoms with van der Waals surface area (Å²) in [5.41, 5.74) is 2.91. The molecule has 6 rings (SSSR count). The largest absolute Gasteiger partial charge is 0.466 e. The zero-order valence-electron chi connectivity index (χ0n) is 22.7. The lowest BCUT2D eigenvalue weighted by Crippen LogP contribution is -2.08. The Hall–Kier alpha value is -4.53. The number of benzene rings is 3. The molecule has 0 amide bonds. The fourth-order valence-electron chi connectivity index (χ4n) is 5.41. The highest BCUT2D eigenvalue weighted by atomic mass is 19.1. The Labute approximate surface area is 234 Å². The molecule has 1 aliphatic carbocycles. The molecule has 3 aromatic carbocycles. The number of esters is 1. The number of fused-ring (bicyclic) bond motifs is 1. The van der Waals surface area contributed by atoms with E-state index in [0.29, 0.717) is 40.9 Å². The number of hydrogen-bond donors (Lipinski definition) is 2. The van der Waals surface area contributed by atoms with Crippen molar-refractivity contribution in [2.45, 2.75) is 39.0 Å². The molecule has 6 nitrogen and oxygen atoms in total. The maximum Gasteiger partial charge on any atom is 0.309 e. The van der Waals surface area contributed by atoms with Crippen molar-refractivity contribution < 1.29 is 27.4 Å². The third-order valence-electron chi connectivity index (χ3n) is 7.79. The number of aryl methyl sites for hydroxylation is 1. The van der Waals surface area contributed by atoms with Crippen LogP contribution in [0, 0.1) is 30.3 Å². The Morgan fingerprint density at radius 1 is 1.12 bits per heavy atom. The number of rotatable bonds is 8. The van der Waals surface area contributed by atoms with E-state index in [1.165, 1.54) is 24.3 Å². The zero-order valence-corrected chi connectivity index (χ0v) is 22.7. The maximum atomic E-state index is 15.6. The summed E-state index contributed by atoms with van der Waals surface area (Å²) in [6.07, 6.45) is 3.82. The molecule has 0 bridgehead atoms. The molecule has 1 aliphatic rings. The lowest BCUT2D eigenvalue weighted by Gasteiger charge is -2.14. The average Bonchev–Trinajstić information content (AvgIpc) is 3.34. The number of halogens is 3. The summed E-state index contributed by atoms with van der Waals surface area (Å²) in [6, 6.07) is 12.5. The molecule has 0 spiro atoms. The van der Waals surface area contributed by atoms with Crippen molar-refractivity contribution in [3.63, 3.8) is 0 Å². The highest BCUT2D eigenvalue weighted by Gasteiger charge is 2.46. The fraction of sp³-hybridized carbons (Fsp3) is 0.250. The molecule has 0 radical (unpaired) electrons. The van der Waals surface area contributed by atoms with Gasteiger partial charge in [-0.2, -0.15) is 0 Å². The van der Waals surface area contributed by atoms with Crippen LogP contribution in [0.4, 0.5) is 13.2 Å². The van der Waals surface area contributed by atoms with Crippen molar-refractivity contribution in [3.8, 4) is 22.9 Å². The Morgan fingerprint density at radius 3 is 2.76 bits per heavy atom. The summed E-state index contributed by atoms with van der Waals surface area (Å²) in [6.45, 7) is 5.62. The van der Waals surface area contributed by atoms with E-state index in [-0.39, 0.29) is 46.5 Å². The molecule has 41 heavy (non-hydrogen) atoms. The van der Waals surface area contributed by atoms with Crippen molar-refractivity contribution in [1.82, 2.24) is 15.0 Å². The van der Waals surface area contributed by atoms with Gasteiger partial charge in [0, 0.05) is 52.5 Å². The number of H-pyrrole nitrogens is 2. The number of ether oxygens (including phenoxy) is 2. The van der Waals surface area contributed by atoms with Crippen molar-refractivity contribution in [2.75, 3.05) is 6.61 Å². The first-order valence-corrected chi connectivity index (χ1v) is 13.5. The van der Waals surface area contributed by atoms with Crippen LogP contribution in [0.3, 0.4) is 0 Å². The quantitative estimate of drug-likeness (QED) is 0.190. The lowest BCUT2D eigenvalue weighted by atomic mass is 9.94. The standard InChI is InChI=1S/C32H28F3N3O3/c1-4-40-32(39)23-13-22(23)21-7-5-6-20(29(21)35)16(2)28-15-37-31(38-28)24-12-18(8-9-25(24)33)41-30-17(3)19-10-11-36-27(19)14-26(30)34/h5-12,14-16,22-23,36H,4,13H2,1-3H3,(H,37,38). The molecule has 1 saturated carbocycles. The van der Waals surface area contributed by atoms with Gasteiger partial charge in [0.25, 0.3) is 0 Å². The molecule has 0 saturated heterocycles. The molecular weight excluding hydrogens is 531 g/mol. The minimum atomic E-state index is -0.545. The summed E-state index contributed by atoms with van der Waals surface area (Å²) in [5, 5.41) is 0.822. The van der Waals surface area contributed by atoms with E-state index in [9.17, 15) is 13.6 Å². The Kier molecular flexibility index (Phi) is 6.81. The van der Waals surface area contributed by atoms with Crippen LogP contribution >= 0.6 is 0 Å². The van der Waals surface area contributed by atoms with Gasteiger partial charge >= 0.3 is 5.97 Å². The number of aromatic amines is 2. The zero-order chi connectivity index (χ0) is 28.8. The molecule has 9 heteroatoms. The number of nitrogens with one attached hydrogen (secondary N) is 2. The second-order valence-electron chi connectivity index (χ2n) is 10.4. The normalized spacial score (nSPS) is 17.0. The van der Waals surface area contributed by atoms with Gasteiger partial charge in [0.05, 0.1) is 18.1 Å². The van der Waals surface area contributed by atoms with Crippen molar-refractivity contribution in [1.29, 1.82) is 0 Å². The van der Waals surface area contributed by atoms with E-state index in [2.05, 4.69) is 15.0 Å². The molecule has 3 unspecified atom stereocenters. The van der Waals surface area contributed by atoms with E-state index in [4.69, 9.17) is 9.47 Å². The van der Waals surface area contributed by atoms with Gasteiger partial charge in [-0.05, 0) is 55.7 Å². The summed E-state index contributed by atoms with van der Waals surface area (Å²) >= 11 is 0.